The number of hydrogen-bond acceptors (Lipinski definition) is 2. The fourth-order valence-corrected chi connectivity index (χ4v) is 5.16. The predicted octanol–water partition coefficient (Wildman–Crippen LogP) is 3.59. The first-order valence-electron chi connectivity index (χ1n) is 7.82. The van der Waals surface area contributed by atoms with Gasteiger partial charge in [0.25, 0.3) is 0 Å². The van der Waals surface area contributed by atoms with Crippen molar-refractivity contribution in [2.45, 2.75) is 62.5 Å². The van der Waals surface area contributed by atoms with Crippen LogP contribution in [-0.4, -0.2) is 21.8 Å². The highest BCUT2D eigenvalue weighted by Gasteiger charge is 2.30. The van der Waals surface area contributed by atoms with E-state index in [1.165, 1.54) is 24.0 Å². The van der Waals surface area contributed by atoms with Gasteiger partial charge in [-0.3, -0.25) is 4.21 Å². The number of nitrogens with one attached hydrogen (secondary N) is 1. The molecule has 1 aromatic rings. The standard InChI is InChI=1S/C17H27NOS/c1-4-14-9-11-15(12-10-14)17(18-3)13(2)20(19)16-7-5-6-8-16/h9-13,16-18H,4-8H2,1-3H3. The summed E-state index contributed by atoms with van der Waals surface area (Å²) in [5.74, 6) is 0. The van der Waals surface area contributed by atoms with Crippen LogP contribution in [0.15, 0.2) is 24.3 Å². The molecular formula is C17H27NOS. The topological polar surface area (TPSA) is 29.1 Å². The Bertz CT molecular complexity index is 437. The lowest BCUT2D eigenvalue weighted by molar-refractivity contribution is 0.564. The van der Waals surface area contributed by atoms with E-state index in [1.54, 1.807) is 0 Å². The molecule has 1 N–H and O–H groups in total. The Morgan fingerprint density at radius 3 is 2.35 bits per heavy atom. The number of hydrogen-bond donors (Lipinski definition) is 1. The van der Waals surface area contributed by atoms with Gasteiger partial charge in [0.05, 0.1) is 5.25 Å². The van der Waals surface area contributed by atoms with Gasteiger partial charge in [0.2, 0.25) is 0 Å². The summed E-state index contributed by atoms with van der Waals surface area (Å²) in [6, 6.07) is 8.92. The van der Waals surface area contributed by atoms with Crippen LogP contribution in [0.25, 0.3) is 0 Å². The normalized spacial score (nSPS) is 20.8. The van der Waals surface area contributed by atoms with E-state index >= 15 is 0 Å². The molecule has 3 atom stereocenters. The van der Waals surface area contributed by atoms with Crippen LogP contribution in [0.5, 0.6) is 0 Å². The molecule has 3 heteroatoms. The highest BCUT2D eigenvalue weighted by atomic mass is 32.2. The maximum absolute atomic E-state index is 12.7. The van der Waals surface area contributed by atoms with Crippen molar-refractivity contribution in [3.8, 4) is 0 Å². The zero-order valence-electron chi connectivity index (χ0n) is 12.9. The molecule has 1 fully saturated rings. The lowest BCUT2D eigenvalue weighted by Gasteiger charge is -2.26. The van der Waals surface area contributed by atoms with Gasteiger partial charge < -0.3 is 5.32 Å². The quantitative estimate of drug-likeness (QED) is 0.868. The van der Waals surface area contributed by atoms with Gasteiger partial charge in [0, 0.05) is 22.1 Å². The zero-order valence-corrected chi connectivity index (χ0v) is 13.7. The minimum atomic E-state index is -0.740. The third-order valence-corrected chi connectivity index (χ3v) is 6.66. The van der Waals surface area contributed by atoms with Crippen molar-refractivity contribution < 1.29 is 4.21 Å². The maximum Gasteiger partial charge on any atom is 0.0517 e. The van der Waals surface area contributed by atoms with Gasteiger partial charge in [0.1, 0.15) is 0 Å². The average Bonchev–Trinajstić information content (AvgIpc) is 3.02. The van der Waals surface area contributed by atoms with Gasteiger partial charge in [-0.25, -0.2) is 0 Å². The molecule has 2 nitrogen and oxygen atoms in total. The summed E-state index contributed by atoms with van der Waals surface area (Å²) in [7, 11) is 1.23. The molecule has 0 spiro atoms. The average molecular weight is 293 g/mol. The molecule has 0 aromatic heterocycles. The first-order chi connectivity index (χ1) is 9.67. The van der Waals surface area contributed by atoms with Gasteiger partial charge in [0.15, 0.2) is 0 Å². The molecule has 1 saturated carbocycles. The monoisotopic (exact) mass is 293 g/mol. The van der Waals surface area contributed by atoms with E-state index in [2.05, 4.69) is 43.4 Å². The number of benzene rings is 1. The fourth-order valence-electron chi connectivity index (χ4n) is 3.19. The van der Waals surface area contributed by atoms with Crippen LogP contribution in [-0.2, 0) is 17.2 Å². The number of rotatable bonds is 6. The molecule has 0 heterocycles. The largest absolute Gasteiger partial charge is 0.312 e. The van der Waals surface area contributed by atoms with Crippen molar-refractivity contribution in [2.75, 3.05) is 7.05 Å². The molecule has 1 aromatic carbocycles. The maximum atomic E-state index is 12.7. The van der Waals surface area contributed by atoms with Crippen LogP contribution in [0.4, 0.5) is 0 Å². The molecule has 0 aliphatic heterocycles. The Hall–Kier alpha value is -0.670. The zero-order chi connectivity index (χ0) is 14.5. The summed E-state index contributed by atoms with van der Waals surface area (Å²) in [5, 5.41) is 3.94. The second kappa shape index (κ2) is 7.37. The summed E-state index contributed by atoms with van der Waals surface area (Å²) in [6.45, 7) is 4.30. The van der Waals surface area contributed by atoms with E-state index in [1.807, 2.05) is 7.05 Å². The lowest BCUT2D eigenvalue weighted by atomic mass is 10.0. The molecular weight excluding hydrogens is 266 g/mol. The molecule has 0 radical (unpaired) electrons. The molecule has 0 amide bonds. The SMILES string of the molecule is CCc1ccc(C(NC)C(C)S(=O)C2CCCC2)cc1. The predicted molar refractivity (Wildman–Crippen MR) is 87.5 cm³/mol. The van der Waals surface area contributed by atoms with E-state index in [0.717, 1.165) is 19.3 Å². The van der Waals surface area contributed by atoms with Crippen molar-refractivity contribution in [1.82, 2.24) is 5.32 Å². The van der Waals surface area contributed by atoms with Crippen molar-refractivity contribution >= 4 is 10.8 Å². The van der Waals surface area contributed by atoms with Gasteiger partial charge in [-0.05, 0) is 44.4 Å². The van der Waals surface area contributed by atoms with E-state index in [0.29, 0.717) is 5.25 Å². The summed E-state index contributed by atoms with van der Waals surface area (Å²) in [6.07, 6.45) is 5.84. The van der Waals surface area contributed by atoms with Gasteiger partial charge in [-0.2, -0.15) is 0 Å². The molecule has 112 valence electrons. The van der Waals surface area contributed by atoms with Crippen molar-refractivity contribution in [3.63, 3.8) is 0 Å². The van der Waals surface area contributed by atoms with Crippen LogP contribution < -0.4 is 5.32 Å². The van der Waals surface area contributed by atoms with Crippen LogP contribution in [0.1, 0.15) is 56.7 Å². The Kier molecular flexibility index (Phi) is 5.79. The van der Waals surface area contributed by atoms with Crippen LogP contribution >= 0.6 is 0 Å². The van der Waals surface area contributed by atoms with Gasteiger partial charge >= 0.3 is 0 Å². The smallest absolute Gasteiger partial charge is 0.0517 e. The highest BCUT2D eigenvalue weighted by molar-refractivity contribution is 7.86. The third-order valence-electron chi connectivity index (χ3n) is 4.52. The molecule has 1 aliphatic rings. The Morgan fingerprint density at radius 2 is 1.85 bits per heavy atom. The molecule has 0 saturated heterocycles. The van der Waals surface area contributed by atoms with Crippen molar-refractivity contribution in [1.29, 1.82) is 0 Å². The second-order valence-corrected chi connectivity index (χ2v) is 7.87. The van der Waals surface area contributed by atoms with Crippen LogP contribution in [0, 0.1) is 0 Å². The van der Waals surface area contributed by atoms with E-state index in [4.69, 9.17) is 0 Å². The van der Waals surface area contributed by atoms with E-state index in [-0.39, 0.29) is 11.3 Å². The highest BCUT2D eigenvalue weighted by Crippen LogP contribution is 2.29. The van der Waals surface area contributed by atoms with E-state index < -0.39 is 10.8 Å². The molecule has 0 bridgehead atoms. The Balaban J connectivity index is 2.11. The molecule has 20 heavy (non-hydrogen) atoms. The van der Waals surface area contributed by atoms with Crippen molar-refractivity contribution in [2.24, 2.45) is 0 Å². The number of aryl methyl sites for hydroxylation is 1. The fraction of sp³-hybridized carbons (Fsp3) is 0.647. The second-order valence-electron chi connectivity index (χ2n) is 5.80. The Labute approximate surface area is 125 Å². The van der Waals surface area contributed by atoms with Crippen molar-refractivity contribution in [3.05, 3.63) is 35.4 Å². The lowest BCUT2D eigenvalue weighted by Crippen LogP contribution is -2.34. The summed E-state index contributed by atoms with van der Waals surface area (Å²) in [5.41, 5.74) is 2.61. The minimum absolute atomic E-state index is 0.163. The molecule has 1 aliphatic carbocycles. The van der Waals surface area contributed by atoms with E-state index in [9.17, 15) is 4.21 Å². The van der Waals surface area contributed by atoms with Crippen LogP contribution in [0.2, 0.25) is 0 Å². The summed E-state index contributed by atoms with van der Waals surface area (Å²) >= 11 is 0. The Morgan fingerprint density at radius 1 is 1.25 bits per heavy atom. The first kappa shape index (κ1) is 15.7. The molecule has 3 unspecified atom stereocenters. The molecule has 2 rings (SSSR count). The minimum Gasteiger partial charge on any atom is -0.312 e. The van der Waals surface area contributed by atoms with Gasteiger partial charge in [-0.1, -0.05) is 44.0 Å². The first-order valence-corrected chi connectivity index (χ1v) is 9.10. The third kappa shape index (κ3) is 3.50. The van der Waals surface area contributed by atoms with Gasteiger partial charge in [-0.15, -0.1) is 0 Å². The van der Waals surface area contributed by atoms with Crippen LogP contribution in [0.3, 0.4) is 0 Å². The summed E-state index contributed by atoms with van der Waals surface area (Å²) in [4.78, 5) is 0. The summed E-state index contributed by atoms with van der Waals surface area (Å²) < 4.78 is 12.7.